The van der Waals surface area contributed by atoms with E-state index in [1.807, 2.05) is 97.1 Å². The second-order valence-corrected chi connectivity index (χ2v) is 20.8. The summed E-state index contributed by atoms with van der Waals surface area (Å²) in [6, 6.07) is 38.0. The highest BCUT2D eigenvalue weighted by Gasteiger charge is 2.51. The number of hydrogen-bond donors (Lipinski definition) is 1. The molecule has 1 N–H and O–H groups in total. The van der Waals surface area contributed by atoms with Crippen LogP contribution in [0.4, 0.5) is 4.39 Å². The summed E-state index contributed by atoms with van der Waals surface area (Å²) in [6.07, 6.45) is -1.28. The molecule has 53 heavy (non-hydrogen) atoms. The van der Waals surface area contributed by atoms with Crippen LogP contribution in [0.15, 0.2) is 121 Å². The van der Waals surface area contributed by atoms with Crippen LogP contribution in [-0.2, 0) is 23.7 Å². The number of pyridine rings is 1. The fourth-order valence-corrected chi connectivity index (χ4v) is 12.4. The number of benzene rings is 4. The molecule has 0 amide bonds. The molecule has 274 valence electrons. The van der Waals surface area contributed by atoms with Gasteiger partial charge in [-0.25, -0.2) is 4.39 Å². The molecule has 0 aliphatic heterocycles. The van der Waals surface area contributed by atoms with Crippen LogP contribution in [0, 0.1) is 17.7 Å². The number of aliphatic carboxylic acids is 1. The highest BCUT2D eigenvalue weighted by Crippen LogP contribution is 2.39. The molecular formula is C44H47FNO5PSi. The summed E-state index contributed by atoms with van der Waals surface area (Å²) in [6.45, 7) is 12.4. The Labute approximate surface area is 314 Å². The lowest BCUT2D eigenvalue weighted by atomic mass is 9.84. The van der Waals surface area contributed by atoms with Gasteiger partial charge in [0.05, 0.1) is 29.5 Å². The molecule has 5 aromatic rings. The molecule has 0 fully saturated rings. The SMILES string of the molecule is CC(C)(C)c1nc(-c2ccccc2)cc(-c2ccc(F)cc2)c1C#CCO[PH](=O)CC(CC(=O)O)O[Si](c1ccccc1)(c1ccccc1)C(C)(C)C. The van der Waals surface area contributed by atoms with Gasteiger partial charge in [-0.05, 0) is 39.2 Å². The Morgan fingerprint density at radius 1 is 0.830 bits per heavy atom. The van der Waals surface area contributed by atoms with Crippen molar-refractivity contribution in [3.8, 4) is 34.2 Å². The minimum absolute atomic E-state index is 0.0788. The van der Waals surface area contributed by atoms with Gasteiger partial charge in [-0.3, -0.25) is 14.3 Å². The topological polar surface area (TPSA) is 85.7 Å². The second kappa shape index (κ2) is 17.0. The van der Waals surface area contributed by atoms with E-state index in [0.29, 0.717) is 5.56 Å². The molecular weight excluding hydrogens is 701 g/mol. The molecule has 0 spiro atoms. The standard InChI is InChI=1S/C44H47FNO5PSi/c1-43(2,3)42-38(39(32-24-26-34(45)27-25-32)30-40(46-42)33-17-10-7-11-18-33)23-16-28-50-52(49)31-35(29-41(47)48)51-53(44(4,5)6,36-19-12-8-13-20-36)37-21-14-9-15-22-37/h7-15,17-22,24-27,30,35,52H,28-29,31H2,1-6H3,(H,47,48). The Morgan fingerprint density at radius 2 is 1.38 bits per heavy atom. The van der Waals surface area contributed by atoms with E-state index in [1.165, 1.54) is 12.1 Å². The zero-order chi connectivity index (χ0) is 38.2. The predicted octanol–water partition coefficient (Wildman–Crippen LogP) is 9.11. The van der Waals surface area contributed by atoms with Gasteiger partial charge in [0.25, 0.3) is 8.32 Å². The van der Waals surface area contributed by atoms with E-state index in [4.69, 9.17) is 13.9 Å². The molecule has 4 aromatic carbocycles. The quantitative estimate of drug-likeness (QED) is 0.0779. The Hall–Kier alpha value is -4.64. The summed E-state index contributed by atoms with van der Waals surface area (Å²) in [7, 11) is -5.91. The first-order valence-corrected chi connectivity index (χ1v) is 21.1. The molecule has 2 atom stereocenters. The lowest BCUT2D eigenvalue weighted by molar-refractivity contribution is -0.138. The number of hydrogen-bond acceptors (Lipinski definition) is 5. The lowest BCUT2D eigenvalue weighted by Crippen LogP contribution is -2.68. The van der Waals surface area contributed by atoms with Crippen molar-refractivity contribution >= 4 is 32.7 Å². The van der Waals surface area contributed by atoms with Crippen LogP contribution >= 0.6 is 8.03 Å². The van der Waals surface area contributed by atoms with E-state index in [-0.39, 0.29) is 25.0 Å². The van der Waals surface area contributed by atoms with E-state index < -0.39 is 38.9 Å². The molecule has 1 aromatic heterocycles. The fourth-order valence-electron chi connectivity index (χ4n) is 6.61. The molecule has 0 aliphatic carbocycles. The Morgan fingerprint density at radius 3 is 1.89 bits per heavy atom. The van der Waals surface area contributed by atoms with Gasteiger partial charge in [-0.15, -0.1) is 0 Å². The highest BCUT2D eigenvalue weighted by molar-refractivity contribution is 7.39. The zero-order valence-corrected chi connectivity index (χ0v) is 33.2. The number of carbonyl (C=O) groups is 1. The van der Waals surface area contributed by atoms with Gasteiger partial charge < -0.3 is 14.1 Å². The lowest BCUT2D eigenvalue weighted by Gasteiger charge is -2.45. The minimum atomic E-state index is -3.12. The third-order valence-electron chi connectivity index (χ3n) is 9.03. The minimum Gasteiger partial charge on any atom is -0.481 e. The van der Waals surface area contributed by atoms with Crippen LogP contribution in [0.2, 0.25) is 5.04 Å². The molecule has 9 heteroatoms. The molecule has 0 aliphatic rings. The van der Waals surface area contributed by atoms with Crippen LogP contribution < -0.4 is 10.4 Å². The van der Waals surface area contributed by atoms with Crippen molar-refractivity contribution in [2.45, 2.75) is 64.5 Å². The van der Waals surface area contributed by atoms with Gasteiger partial charge in [0, 0.05) is 22.7 Å². The molecule has 5 rings (SSSR count). The van der Waals surface area contributed by atoms with Crippen molar-refractivity contribution in [3.63, 3.8) is 0 Å². The average Bonchev–Trinajstić information content (AvgIpc) is 3.12. The first kappa shape index (κ1) is 39.6. The molecule has 6 nitrogen and oxygen atoms in total. The number of rotatable bonds is 12. The Balaban J connectivity index is 1.45. The average molecular weight is 748 g/mol. The molecule has 0 saturated carbocycles. The third kappa shape index (κ3) is 9.67. The molecule has 0 bridgehead atoms. The van der Waals surface area contributed by atoms with Gasteiger partial charge in [0.1, 0.15) is 12.4 Å². The van der Waals surface area contributed by atoms with Gasteiger partial charge in [0.15, 0.2) is 8.03 Å². The van der Waals surface area contributed by atoms with Crippen LogP contribution in [0.25, 0.3) is 22.4 Å². The van der Waals surface area contributed by atoms with E-state index in [2.05, 4.69) is 53.4 Å². The fraction of sp³-hybridized carbons (Fsp3) is 0.273. The molecule has 2 unspecified atom stereocenters. The molecule has 0 saturated heterocycles. The summed E-state index contributed by atoms with van der Waals surface area (Å²) >= 11 is 0. The first-order chi connectivity index (χ1) is 25.2. The van der Waals surface area contributed by atoms with Gasteiger partial charge in [-0.1, -0.05) is 157 Å². The van der Waals surface area contributed by atoms with E-state index in [9.17, 15) is 18.9 Å². The van der Waals surface area contributed by atoms with Crippen LogP contribution in [0.3, 0.4) is 0 Å². The number of aromatic nitrogens is 1. The van der Waals surface area contributed by atoms with Crippen LogP contribution in [0.5, 0.6) is 0 Å². The number of carboxylic acids is 1. The summed E-state index contributed by atoms with van der Waals surface area (Å²) in [4.78, 5) is 17.2. The maximum absolute atomic E-state index is 14.0. The normalized spacial score (nSPS) is 13.1. The van der Waals surface area contributed by atoms with Gasteiger partial charge in [0.2, 0.25) is 0 Å². The second-order valence-electron chi connectivity index (χ2n) is 15.1. The van der Waals surface area contributed by atoms with Crippen molar-refractivity contribution in [1.29, 1.82) is 0 Å². The van der Waals surface area contributed by atoms with E-state index in [0.717, 1.165) is 38.5 Å². The van der Waals surface area contributed by atoms with E-state index >= 15 is 0 Å². The summed E-state index contributed by atoms with van der Waals surface area (Å²) in [5, 5.41) is 11.6. The van der Waals surface area contributed by atoms with Crippen molar-refractivity contribution in [2.24, 2.45) is 0 Å². The van der Waals surface area contributed by atoms with Crippen LogP contribution in [-0.4, -0.2) is 43.2 Å². The number of halogens is 1. The van der Waals surface area contributed by atoms with Gasteiger partial charge >= 0.3 is 5.97 Å². The van der Waals surface area contributed by atoms with Gasteiger partial charge in [-0.2, -0.15) is 0 Å². The monoisotopic (exact) mass is 747 g/mol. The first-order valence-electron chi connectivity index (χ1n) is 17.7. The number of carboxylic acid groups (broad SMARTS) is 1. The van der Waals surface area contributed by atoms with Crippen LogP contribution in [0.1, 0.15) is 59.2 Å². The predicted molar refractivity (Wildman–Crippen MR) is 215 cm³/mol. The van der Waals surface area contributed by atoms with E-state index in [1.54, 1.807) is 12.1 Å². The van der Waals surface area contributed by atoms with Crippen molar-refractivity contribution in [3.05, 3.63) is 138 Å². The largest absolute Gasteiger partial charge is 0.481 e. The Bertz CT molecular complexity index is 2050. The zero-order valence-electron chi connectivity index (χ0n) is 31.2. The maximum atomic E-state index is 14.0. The smallest absolute Gasteiger partial charge is 0.305 e. The van der Waals surface area contributed by atoms with Crippen molar-refractivity contribution in [1.82, 2.24) is 4.98 Å². The third-order valence-corrected chi connectivity index (χ3v) is 15.4. The molecule has 1 heterocycles. The summed E-state index contributed by atoms with van der Waals surface area (Å²) in [5.74, 6) is 4.92. The molecule has 0 radical (unpaired) electrons. The maximum Gasteiger partial charge on any atom is 0.305 e. The number of nitrogens with zero attached hydrogens (tertiary/aromatic N) is 1. The van der Waals surface area contributed by atoms with Crippen molar-refractivity contribution < 1.29 is 27.8 Å². The summed E-state index contributed by atoms with van der Waals surface area (Å²) < 4.78 is 40.4. The van der Waals surface area contributed by atoms with Crippen molar-refractivity contribution in [2.75, 3.05) is 12.8 Å². The highest BCUT2D eigenvalue weighted by atomic mass is 31.1. The Kier molecular flexibility index (Phi) is 12.7. The summed E-state index contributed by atoms with van der Waals surface area (Å²) in [5.41, 5.74) is 4.33.